The molecule has 5 nitrogen and oxygen atoms in total. The maximum absolute atomic E-state index is 11.4. The molecule has 0 fully saturated rings. The first-order valence-corrected chi connectivity index (χ1v) is 5.54. The molecule has 0 spiro atoms. The van der Waals surface area contributed by atoms with Crippen molar-refractivity contribution in [2.45, 2.75) is 5.92 Å². The van der Waals surface area contributed by atoms with Crippen molar-refractivity contribution in [3.8, 4) is 6.07 Å². The summed E-state index contributed by atoms with van der Waals surface area (Å²) in [5.74, 6) is -3.24. The quantitative estimate of drug-likeness (QED) is 0.814. The lowest BCUT2D eigenvalue weighted by Crippen LogP contribution is -2.28. The molecule has 1 amide bonds. The van der Waals surface area contributed by atoms with E-state index in [2.05, 4.69) is 4.98 Å². The van der Waals surface area contributed by atoms with Crippen molar-refractivity contribution in [1.82, 2.24) is 4.98 Å². The summed E-state index contributed by atoms with van der Waals surface area (Å²) in [5.41, 5.74) is 5.58. The van der Waals surface area contributed by atoms with Gasteiger partial charge in [-0.3, -0.25) is 9.59 Å². The van der Waals surface area contributed by atoms with E-state index in [4.69, 9.17) is 11.0 Å². The Labute approximate surface area is 100 Å². The summed E-state index contributed by atoms with van der Waals surface area (Å²) in [6.07, 6.45) is 0. The average Bonchev–Trinajstić information content (AvgIpc) is 2.72. The van der Waals surface area contributed by atoms with Gasteiger partial charge in [-0.1, -0.05) is 12.1 Å². The Hall–Kier alpha value is -2.26. The van der Waals surface area contributed by atoms with Gasteiger partial charge in [-0.05, 0) is 12.1 Å². The van der Waals surface area contributed by atoms with E-state index >= 15 is 0 Å². The fraction of sp³-hybridized carbons (Fsp3) is 0.0909. The van der Waals surface area contributed by atoms with E-state index in [9.17, 15) is 9.59 Å². The number of aromatic nitrogens is 1. The van der Waals surface area contributed by atoms with Gasteiger partial charge >= 0.3 is 0 Å². The van der Waals surface area contributed by atoms with E-state index in [1.165, 1.54) is 11.3 Å². The van der Waals surface area contributed by atoms with Crippen LogP contribution in [0.5, 0.6) is 0 Å². The lowest BCUT2D eigenvalue weighted by Gasteiger charge is -1.99. The van der Waals surface area contributed by atoms with Gasteiger partial charge in [-0.2, -0.15) is 5.26 Å². The smallest absolute Gasteiger partial charge is 0.286 e. The van der Waals surface area contributed by atoms with Crippen LogP contribution in [-0.4, -0.2) is 16.7 Å². The molecule has 0 bridgehead atoms. The molecule has 0 aliphatic heterocycles. The first-order chi connectivity index (χ1) is 8.13. The standard InChI is InChI=1S/C11H7N3O2S/c12-5-6(9(15)10(13)16)11-14-7-3-1-2-4-8(7)17-11/h1-4,6H,(H2,13,16). The Bertz CT molecular complexity index is 608. The number of carbonyl (C=O) groups excluding carboxylic acids is 2. The zero-order valence-electron chi connectivity index (χ0n) is 8.58. The number of benzene rings is 1. The number of carbonyl (C=O) groups is 2. The van der Waals surface area contributed by atoms with Gasteiger partial charge in [0.05, 0.1) is 16.3 Å². The van der Waals surface area contributed by atoms with Crippen LogP contribution in [0.4, 0.5) is 0 Å². The molecule has 1 aromatic carbocycles. The van der Waals surface area contributed by atoms with Crippen LogP contribution in [0.15, 0.2) is 24.3 Å². The fourth-order valence-electron chi connectivity index (χ4n) is 1.38. The molecule has 6 heteroatoms. The van der Waals surface area contributed by atoms with Crippen molar-refractivity contribution in [3.63, 3.8) is 0 Å². The molecule has 1 aromatic heterocycles. The molecule has 2 aromatic rings. The molecular weight excluding hydrogens is 238 g/mol. The minimum absolute atomic E-state index is 0.303. The van der Waals surface area contributed by atoms with E-state index in [1.54, 1.807) is 12.1 Å². The van der Waals surface area contributed by atoms with Crippen LogP contribution in [0.3, 0.4) is 0 Å². The molecule has 0 saturated heterocycles. The largest absolute Gasteiger partial charge is 0.363 e. The van der Waals surface area contributed by atoms with E-state index in [0.29, 0.717) is 10.5 Å². The van der Waals surface area contributed by atoms with E-state index < -0.39 is 17.6 Å². The van der Waals surface area contributed by atoms with Crippen molar-refractivity contribution in [2.75, 3.05) is 0 Å². The molecule has 84 valence electrons. The Morgan fingerprint density at radius 3 is 2.71 bits per heavy atom. The Kier molecular flexibility index (Phi) is 2.85. The molecule has 0 aliphatic rings. The lowest BCUT2D eigenvalue weighted by atomic mass is 10.1. The number of Topliss-reactive ketones (excluding diaryl/α,β-unsaturated/α-hetero) is 1. The predicted octanol–water partition coefficient (Wildman–Crippen LogP) is 0.958. The molecule has 0 saturated carbocycles. The Balaban J connectivity index is 2.48. The van der Waals surface area contributed by atoms with Crippen LogP contribution in [-0.2, 0) is 9.59 Å². The zero-order chi connectivity index (χ0) is 12.4. The number of thiazole rings is 1. The molecular formula is C11H7N3O2S. The molecule has 2 rings (SSSR count). The summed E-state index contributed by atoms with van der Waals surface area (Å²) in [6, 6.07) is 9.01. The molecule has 1 unspecified atom stereocenters. The topological polar surface area (TPSA) is 96.8 Å². The molecule has 0 radical (unpaired) electrons. The third-order valence-electron chi connectivity index (χ3n) is 2.19. The van der Waals surface area contributed by atoms with Gasteiger partial charge in [-0.15, -0.1) is 11.3 Å². The van der Waals surface area contributed by atoms with Gasteiger partial charge < -0.3 is 5.73 Å². The second-order valence-electron chi connectivity index (χ2n) is 3.31. The summed E-state index contributed by atoms with van der Waals surface area (Å²) < 4.78 is 0.861. The first kappa shape index (κ1) is 11.2. The highest BCUT2D eigenvalue weighted by atomic mass is 32.1. The number of ketones is 1. The molecule has 17 heavy (non-hydrogen) atoms. The van der Waals surface area contributed by atoms with Crippen LogP contribution in [0.2, 0.25) is 0 Å². The second kappa shape index (κ2) is 4.31. The predicted molar refractivity (Wildman–Crippen MR) is 62.2 cm³/mol. The number of fused-ring (bicyclic) bond motifs is 1. The minimum atomic E-state index is -1.20. The number of rotatable bonds is 3. The van der Waals surface area contributed by atoms with Gasteiger partial charge in [0.1, 0.15) is 5.01 Å². The van der Waals surface area contributed by atoms with Crippen LogP contribution >= 0.6 is 11.3 Å². The highest BCUT2D eigenvalue weighted by molar-refractivity contribution is 7.18. The summed E-state index contributed by atoms with van der Waals surface area (Å²) in [4.78, 5) is 26.4. The number of primary amides is 1. The Morgan fingerprint density at radius 2 is 2.12 bits per heavy atom. The number of nitrogens with zero attached hydrogens (tertiary/aromatic N) is 2. The molecule has 1 atom stereocenters. The van der Waals surface area contributed by atoms with E-state index in [-0.39, 0.29) is 0 Å². The summed E-state index contributed by atoms with van der Waals surface area (Å²) in [6.45, 7) is 0. The fourth-order valence-corrected chi connectivity index (χ4v) is 2.39. The number of hydrogen-bond donors (Lipinski definition) is 1. The third kappa shape index (κ3) is 2.00. The maximum atomic E-state index is 11.4. The van der Waals surface area contributed by atoms with Crippen LogP contribution in [0.1, 0.15) is 10.9 Å². The van der Waals surface area contributed by atoms with Crippen molar-refractivity contribution in [1.29, 1.82) is 5.26 Å². The Morgan fingerprint density at radius 1 is 1.41 bits per heavy atom. The SMILES string of the molecule is N#CC(C(=O)C(N)=O)c1nc2ccccc2s1. The highest BCUT2D eigenvalue weighted by Gasteiger charge is 2.27. The van der Waals surface area contributed by atoms with Crippen molar-refractivity contribution < 1.29 is 9.59 Å². The van der Waals surface area contributed by atoms with Crippen molar-refractivity contribution >= 4 is 33.2 Å². The normalized spacial score (nSPS) is 11.9. The lowest BCUT2D eigenvalue weighted by molar-refractivity contribution is -0.136. The first-order valence-electron chi connectivity index (χ1n) is 4.72. The van der Waals surface area contributed by atoms with Gasteiger partial charge in [0.15, 0.2) is 5.92 Å². The summed E-state index contributed by atoms with van der Waals surface area (Å²) in [5, 5.41) is 9.22. The molecule has 0 aliphatic carbocycles. The zero-order valence-corrected chi connectivity index (χ0v) is 9.40. The number of nitriles is 1. The number of amides is 1. The van der Waals surface area contributed by atoms with Gasteiger partial charge in [0.2, 0.25) is 5.78 Å². The van der Waals surface area contributed by atoms with Crippen LogP contribution in [0.25, 0.3) is 10.2 Å². The average molecular weight is 245 g/mol. The van der Waals surface area contributed by atoms with E-state index in [0.717, 1.165) is 4.70 Å². The van der Waals surface area contributed by atoms with Crippen molar-refractivity contribution in [2.24, 2.45) is 5.73 Å². The number of hydrogen-bond acceptors (Lipinski definition) is 5. The molecule has 2 N–H and O–H groups in total. The van der Waals surface area contributed by atoms with Crippen LogP contribution in [0, 0.1) is 11.3 Å². The molecule has 1 heterocycles. The third-order valence-corrected chi connectivity index (χ3v) is 3.29. The van der Waals surface area contributed by atoms with Gasteiger partial charge in [0.25, 0.3) is 5.91 Å². The monoisotopic (exact) mass is 245 g/mol. The number of nitrogens with two attached hydrogens (primary N) is 1. The summed E-state index contributed by atoms with van der Waals surface area (Å²) in [7, 11) is 0. The maximum Gasteiger partial charge on any atom is 0.286 e. The minimum Gasteiger partial charge on any atom is -0.363 e. The van der Waals surface area contributed by atoms with Crippen molar-refractivity contribution in [3.05, 3.63) is 29.3 Å². The van der Waals surface area contributed by atoms with Crippen LogP contribution < -0.4 is 5.73 Å². The second-order valence-corrected chi connectivity index (χ2v) is 4.37. The van der Waals surface area contributed by atoms with Gasteiger partial charge in [0, 0.05) is 0 Å². The van der Waals surface area contributed by atoms with E-state index in [1.807, 2.05) is 18.2 Å². The highest BCUT2D eigenvalue weighted by Crippen LogP contribution is 2.27. The van der Waals surface area contributed by atoms with Gasteiger partial charge in [-0.25, -0.2) is 4.98 Å². The summed E-state index contributed by atoms with van der Waals surface area (Å²) >= 11 is 1.21. The number of para-hydroxylation sites is 1.